The Morgan fingerprint density at radius 3 is 3.15 bits per heavy atom. The summed E-state index contributed by atoms with van der Waals surface area (Å²) in [5.41, 5.74) is 1.48. The van der Waals surface area contributed by atoms with Crippen LogP contribution < -0.4 is 0 Å². The quantitative estimate of drug-likeness (QED) is 0.640. The van der Waals surface area contributed by atoms with Gasteiger partial charge in [0.1, 0.15) is 11.8 Å². The van der Waals surface area contributed by atoms with Crippen LogP contribution in [0.1, 0.15) is 35.1 Å². The Morgan fingerprint density at radius 1 is 1.77 bits per heavy atom. The highest BCUT2D eigenvalue weighted by Gasteiger charge is 2.20. The van der Waals surface area contributed by atoms with E-state index in [1.807, 2.05) is 0 Å². The fourth-order valence-electron chi connectivity index (χ4n) is 1.58. The first-order chi connectivity index (χ1) is 6.31. The SMILES string of the molecule is Cn1nc(C2CCCO2)cc1C=O. The van der Waals surface area contributed by atoms with E-state index in [2.05, 4.69) is 5.10 Å². The number of hydrogen-bond donors (Lipinski definition) is 0. The Labute approximate surface area is 76.5 Å². The third-order valence-corrected chi connectivity index (χ3v) is 2.32. The standard InChI is InChI=1S/C9H12N2O2/c1-11-7(6-12)5-8(10-11)9-3-2-4-13-9/h5-6,9H,2-4H2,1H3. The van der Waals surface area contributed by atoms with Crippen LogP contribution in [-0.4, -0.2) is 22.7 Å². The molecule has 13 heavy (non-hydrogen) atoms. The molecule has 0 saturated carbocycles. The van der Waals surface area contributed by atoms with Crippen molar-refractivity contribution in [2.75, 3.05) is 6.61 Å². The second-order valence-electron chi connectivity index (χ2n) is 3.24. The predicted molar refractivity (Wildman–Crippen MR) is 46.5 cm³/mol. The molecular weight excluding hydrogens is 168 g/mol. The second-order valence-corrected chi connectivity index (χ2v) is 3.24. The zero-order chi connectivity index (χ0) is 9.26. The lowest BCUT2D eigenvalue weighted by Crippen LogP contribution is -1.99. The minimum Gasteiger partial charge on any atom is -0.372 e. The Hall–Kier alpha value is -1.16. The summed E-state index contributed by atoms with van der Waals surface area (Å²) in [6.07, 6.45) is 3.00. The average Bonchev–Trinajstić information content (AvgIpc) is 2.71. The highest BCUT2D eigenvalue weighted by Crippen LogP contribution is 2.27. The number of ether oxygens (including phenoxy) is 1. The molecule has 2 rings (SSSR count). The largest absolute Gasteiger partial charge is 0.372 e. The number of carbonyl (C=O) groups is 1. The molecule has 0 aromatic carbocycles. The van der Waals surface area contributed by atoms with Crippen LogP contribution in [0.4, 0.5) is 0 Å². The summed E-state index contributed by atoms with van der Waals surface area (Å²) < 4.78 is 7.05. The van der Waals surface area contributed by atoms with Gasteiger partial charge in [0, 0.05) is 13.7 Å². The van der Waals surface area contributed by atoms with Gasteiger partial charge in [-0.2, -0.15) is 5.10 Å². The fraction of sp³-hybridized carbons (Fsp3) is 0.556. The molecule has 0 radical (unpaired) electrons. The van der Waals surface area contributed by atoms with Gasteiger partial charge >= 0.3 is 0 Å². The van der Waals surface area contributed by atoms with Gasteiger partial charge < -0.3 is 4.74 Å². The lowest BCUT2D eigenvalue weighted by Gasteiger charge is -2.03. The molecule has 1 aromatic heterocycles. The highest BCUT2D eigenvalue weighted by molar-refractivity contribution is 5.72. The molecule has 4 heteroatoms. The van der Waals surface area contributed by atoms with Gasteiger partial charge in [-0.1, -0.05) is 0 Å². The van der Waals surface area contributed by atoms with Crippen molar-refractivity contribution in [3.05, 3.63) is 17.5 Å². The smallest absolute Gasteiger partial charge is 0.168 e. The molecule has 1 saturated heterocycles. The number of aryl methyl sites for hydroxylation is 1. The number of carbonyl (C=O) groups excluding carboxylic acids is 1. The summed E-state index contributed by atoms with van der Waals surface area (Å²) in [6.45, 7) is 0.803. The van der Waals surface area contributed by atoms with Crippen molar-refractivity contribution in [2.24, 2.45) is 7.05 Å². The molecule has 0 spiro atoms. The van der Waals surface area contributed by atoms with Gasteiger partial charge in [0.05, 0.1) is 5.69 Å². The molecule has 1 aliphatic heterocycles. The topological polar surface area (TPSA) is 44.1 Å². The molecule has 0 N–H and O–H groups in total. The van der Waals surface area contributed by atoms with E-state index in [0.29, 0.717) is 5.69 Å². The maximum atomic E-state index is 10.6. The molecule has 70 valence electrons. The molecule has 1 fully saturated rings. The summed E-state index contributed by atoms with van der Waals surface area (Å²) in [7, 11) is 1.77. The van der Waals surface area contributed by atoms with Gasteiger partial charge in [-0.25, -0.2) is 0 Å². The Kier molecular flexibility index (Phi) is 2.14. The molecule has 1 aromatic rings. The summed E-state index contributed by atoms with van der Waals surface area (Å²) in [5, 5.41) is 4.22. The van der Waals surface area contributed by atoms with Crippen molar-refractivity contribution < 1.29 is 9.53 Å². The van der Waals surface area contributed by atoms with Crippen LogP contribution in [0, 0.1) is 0 Å². The summed E-state index contributed by atoms with van der Waals surface area (Å²) in [5.74, 6) is 0. The first kappa shape index (κ1) is 8.44. The first-order valence-corrected chi connectivity index (χ1v) is 4.42. The lowest BCUT2D eigenvalue weighted by atomic mass is 10.2. The van der Waals surface area contributed by atoms with Crippen LogP contribution in [0.15, 0.2) is 6.07 Å². The molecule has 4 nitrogen and oxygen atoms in total. The Bertz CT molecular complexity index is 313. The molecule has 1 atom stereocenters. The molecular formula is C9H12N2O2. The van der Waals surface area contributed by atoms with E-state index in [1.54, 1.807) is 17.8 Å². The summed E-state index contributed by atoms with van der Waals surface area (Å²) >= 11 is 0. The maximum Gasteiger partial charge on any atom is 0.168 e. The number of aldehydes is 1. The predicted octanol–water partition coefficient (Wildman–Crippen LogP) is 1.08. The molecule has 1 aliphatic rings. The number of nitrogens with zero attached hydrogens (tertiary/aromatic N) is 2. The van der Waals surface area contributed by atoms with Crippen LogP contribution in [0.2, 0.25) is 0 Å². The zero-order valence-corrected chi connectivity index (χ0v) is 7.56. The average molecular weight is 180 g/mol. The fourth-order valence-corrected chi connectivity index (χ4v) is 1.58. The van der Waals surface area contributed by atoms with Gasteiger partial charge in [-0.15, -0.1) is 0 Å². The normalized spacial score (nSPS) is 22.1. The second kappa shape index (κ2) is 3.30. The van der Waals surface area contributed by atoms with Crippen LogP contribution >= 0.6 is 0 Å². The van der Waals surface area contributed by atoms with Crippen molar-refractivity contribution in [1.82, 2.24) is 9.78 Å². The molecule has 1 unspecified atom stereocenters. The van der Waals surface area contributed by atoms with E-state index in [-0.39, 0.29) is 6.10 Å². The van der Waals surface area contributed by atoms with Crippen LogP contribution in [0.5, 0.6) is 0 Å². The first-order valence-electron chi connectivity index (χ1n) is 4.42. The third kappa shape index (κ3) is 1.49. The number of hydrogen-bond acceptors (Lipinski definition) is 3. The minimum atomic E-state index is 0.0971. The van der Waals surface area contributed by atoms with Crippen LogP contribution in [0.25, 0.3) is 0 Å². The lowest BCUT2D eigenvalue weighted by molar-refractivity contribution is 0.108. The van der Waals surface area contributed by atoms with Gasteiger partial charge in [-0.05, 0) is 18.9 Å². The van der Waals surface area contributed by atoms with Crippen molar-refractivity contribution in [3.8, 4) is 0 Å². The third-order valence-electron chi connectivity index (χ3n) is 2.32. The van der Waals surface area contributed by atoms with Crippen molar-refractivity contribution in [3.63, 3.8) is 0 Å². The van der Waals surface area contributed by atoms with Gasteiger partial charge in [0.2, 0.25) is 0 Å². The van der Waals surface area contributed by atoms with E-state index in [4.69, 9.17) is 4.74 Å². The number of aromatic nitrogens is 2. The van der Waals surface area contributed by atoms with Gasteiger partial charge in [0.25, 0.3) is 0 Å². The molecule has 2 heterocycles. The van der Waals surface area contributed by atoms with Crippen LogP contribution in [-0.2, 0) is 11.8 Å². The van der Waals surface area contributed by atoms with Crippen molar-refractivity contribution >= 4 is 6.29 Å². The molecule has 0 bridgehead atoms. The van der Waals surface area contributed by atoms with E-state index < -0.39 is 0 Å². The molecule has 0 aliphatic carbocycles. The monoisotopic (exact) mass is 180 g/mol. The van der Waals surface area contributed by atoms with Crippen LogP contribution in [0.3, 0.4) is 0 Å². The Morgan fingerprint density at radius 2 is 2.62 bits per heavy atom. The Balaban J connectivity index is 2.24. The van der Waals surface area contributed by atoms with Crippen molar-refractivity contribution in [1.29, 1.82) is 0 Å². The van der Waals surface area contributed by atoms with E-state index >= 15 is 0 Å². The van der Waals surface area contributed by atoms with Gasteiger partial charge in [0.15, 0.2) is 6.29 Å². The molecule has 0 amide bonds. The maximum absolute atomic E-state index is 10.6. The van der Waals surface area contributed by atoms with Gasteiger partial charge in [-0.3, -0.25) is 9.48 Å². The summed E-state index contributed by atoms with van der Waals surface area (Å²) in [4.78, 5) is 10.6. The van der Waals surface area contributed by atoms with E-state index in [9.17, 15) is 4.79 Å². The van der Waals surface area contributed by atoms with E-state index in [1.165, 1.54) is 0 Å². The summed E-state index contributed by atoms with van der Waals surface area (Å²) in [6, 6.07) is 1.79. The minimum absolute atomic E-state index is 0.0971. The highest BCUT2D eigenvalue weighted by atomic mass is 16.5. The zero-order valence-electron chi connectivity index (χ0n) is 7.56. The van der Waals surface area contributed by atoms with Crippen molar-refractivity contribution in [2.45, 2.75) is 18.9 Å². The van der Waals surface area contributed by atoms with E-state index in [0.717, 1.165) is 31.4 Å². The number of rotatable bonds is 2.